The molecule has 2 unspecified atom stereocenters. The average molecular weight is 275 g/mol. The van der Waals surface area contributed by atoms with Crippen molar-refractivity contribution in [3.05, 3.63) is 29.3 Å². The average Bonchev–Trinajstić information content (AvgIpc) is 2.40. The molecule has 1 fully saturated rings. The summed E-state index contributed by atoms with van der Waals surface area (Å²) in [6.07, 6.45) is 5.20. The molecular weight excluding hydrogens is 246 g/mol. The van der Waals surface area contributed by atoms with Crippen LogP contribution >= 0.6 is 0 Å². The lowest BCUT2D eigenvalue weighted by Crippen LogP contribution is -2.36. The molecule has 0 saturated heterocycles. The quantitative estimate of drug-likeness (QED) is 0.892. The number of hydrogen-bond acceptors (Lipinski definition) is 2. The maximum Gasteiger partial charge on any atom is 0.122 e. The van der Waals surface area contributed by atoms with Crippen molar-refractivity contribution in [2.75, 3.05) is 7.05 Å². The normalized spacial score (nSPS) is 23.6. The Labute approximate surface area is 123 Å². The van der Waals surface area contributed by atoms with E-state index >= 15 is 0 Å². The van der Waals surface area contributed by atoms with Gasteiger partial charge >= 0.3 is 0 Å². The van der Waals surface area contributed by atoms with Crippen molar-refractivity contribution in [2.24, 2.45) is 0 Å². The Morgan fingerprint density at radius 1 is 1.20 bits per heavy atom. The molecule has 112 valence electrons. The number of nitrogens with one attached hydrogen (secondary N) is 1. The predicted octanol–water partition coefficient (Wildman–Crippen LogP) is 4.20. The van der Waals surface area contributed by atoms with Crippen LogP contribution in [0, 0.1) is 6.92 Å². The molecule has 0 radical (unpaired) electrons. The number of hydrogen-bond donors (Lipinski definition) is 1. The van der Waals surface area contributed by atoms with Crippen LogP contribution in [0.1, 0.15) is 57.6 Å². The standard InChI is InChI=1S/C18H29NO/c1-13-11-14(18(2,3)4)9-10-17(13)20-16-8-6-7-15(12-16)19-5/h9-11,15-16,19H,6-8,12H2,1-5H3. The van der Waals surface area contributed by atoms with Crippen molar-refractivity contribution in [2.45, 2.75) is 70.9 Å². The van der Waals surface area contributed by atoms with Crippen LogP contribution in [0.4, 0.5) is 0 Å². The van der Waals surface area contributed by atoms with Crippen LogP contribution in [0.2, 0.25) is 0 Å². The maximum absolute atomic E-state index is 6.25. The summed E-state index contributed by atoms with van der Waals surface area (Å²) < 4.78 is 6.25. The van der Waals surface area contributed by atoms with Gasteiger partial charge in [-0.25, -0.2) is 0 Å². The van der Waals surface area contributed by atoms with Gasteiger partial charge in [0.2, 0.25) is 0 Å². The summed E-state index contributed by atoms with van der Waals surface area (Å²) in [5.74, 6) is 1.06. The van der Waals surface area contributed by atoms with E-state index in [1.807, 2.05) is 0 Å². The zero-order valence-electron chi connectivity index (χ0n) is 13.6. The molecule has 1 aromatic rings. The van der Waals surface area contributed by atoms with Crippen LogP contribution in [0.15, 0.2) is 18.2 Å². The fourth-order valence-corrected chi connectivity index (χ4v) is 2.94. The third-order valence-corrected chi connectivity index (χ3v) is 4.37. The van der Waals surface area contributed by atoms with Gasteiger partial charge in [-0.05, 0) is 62.3 Å². The summed E-state index contributed by atoms with van der Waals surface area (Å²) >= 11 is 0. The monoisotopic (exact) mass is 275 g/mol. The van der Waals surface area contributed by atoms with E-state index in [2.05, 4.69) is 58.3 Å². The molecule has 0 amide bonds. The van der Waals surface area contributed by atoms with Crippen LogP contribution in [0.25, 0.3) is 0 Å². The zero-order chi connectivity index (χ0) is 14.8. The second-order valence-corrected chi connectivity index (χ2v) is 7.12. The molecule has 0 aliphatic heterocycles. The van der Waals surface area contributed by atoms with Crippen LogP contribution < -0.4 is 10.1 Å². The molecule has 2 rings (SSSR count). The van der Waals surface area contributed by atoms with Gasteiger partial charge in [0, 0.05) is 6.04 Å². The molecule has 0 aromatic heterocycles. The van der Waals surface area contributed by atoms with Crippen molar-refractivity contribution in [1.29, 1.82) is 0 Å². The molecule has 20 heavy (non-hydrogen) atoms. The summed E-state index contributed by atoms with van der Waals surface area (Å²) in [6.45, 7) is 8.91. The highest BCUT2D eigenvalue weighted by molar-refractivity contribution is 5.38. The van der Waals surface area contributed by atoms with Crippen molar-refractivity contribution in [3.8, 4) is 5.75 Å². The van der Waals surface area contributed by atoms with Gasteiger partial charge < -0.3 is 10.1 Å². The Kier molecular flexibility index (Phi) is 4.74. The first-order chi connectivity index (χ1) is 9.40. The van der Waals surface area contributed by atoms with Crippen molar-refractivity contribution < 1.29 is 4.74 Å². The zero-order valence-corrected chi connectivity index (χ0v) is 13.6. The highest BCUT2D eigenvalue weighted by atomic mass is 16.5. The second kappa shape index (κ2) is 6.17. The van der Waals surface area contributed by atoms with E-state index in [4.69, 9.17) is 4.74 Å². The molecular formula is C18H29NO. The Hall–Kier alpha value is -1.02. The van der Waals surface area contributed by atoms with E-state index in [1.165, 1.54) is 30.4 Å². The molecule has 1 N–H and O–H groups in total. The van der Waals surface area contributed by atoms with Crippen molar-refractivity contribution >= 4 is 0 Å². The molecule has 1 aliphatic carbocycles. The third kappa shape index (κ3) is 3.76. The molecule has 0 spiro atoms. The summed E-state index contributed by atoms with van der Waals surface area (Å²) in [4.78, 5) is 0. The van der Waals surface area contributed by atoms with Crippen LogP contribution in [0.5, 0.6) is 5.75 Å². The fraction of sp³-hybridized carbons (Fsp3) is 0.667. The first-order valence-corrected chi connectivity index (χ1v) is 7.85. The fourth-order valence-electron chi connectivity index (χ4n) is 2.94. The van der Waals surface area contributed by atoms with E-state index in [9.17, 15) is 0 Å². The number of ether oxygens (including phenoxy) is 1. The maximum atomic E-state index is 6.25. The van der Waals surface area contributed by atoms with Crippen LogP contribution in [0.3, 0.4) is 0 Å². The van der Waals surface area contributed by atoms with E-state index < -0.39 is 0 Å². The molecule has 1 aromatic carbocycles. The highest BCUT2D eigenvalue weighted by Gasteiger charge is 2.23. The van der Waals surface area contributed by atoms with Gasteiger partial charge in [0.15, 0.2) is 0 Å². The Morgan fingerprint density at radius 2 is 1.95 bits per heavy atom. The minimum Gasteiger partial charge on any atom is -0.490 e. The molecule has 1 aliphatic rings. The molecule has 2 atom stereocenters. The lowest BCUT2D eigenvalue weighted by molar-refractivity contribution is 0.136. The van der Waals surface area contributed by atoms with Crippen LogP contribution in [-0.2, 0) is 5.41 Å². The molecule has 0 heterocycles. The van der Waals surface area contributed by atoms with E-state index in [0.29, 0.717) is 12.1 Å². The van der Waals surface area contributed by atoms with Gasteiger partial charge in [0.1, 0.15) is 11.9 Å². The Bertz CT molecular complexity index is 447. The summed E-state index contributed by atoms with van der Waals surface area (Å²) in [5.41, 5.74) is 2.83. The predicted molar refractivity (Wildman–Crippen MR) is 85.6 cm³/mol. The Balaban J connectivity index is 2.06. The first-order valence-electron chi connectivity index (χ1n) is 7.85. The minimum absolute atomic E-state index is 0.200. The van der Waals surface area contributed by atoms with Gasteiger partial charge in [-0.3, -0.25) is 0 Å². The SMILES string of the molecule is CNC1CCCC(Oc2ccc(C(C)(C)C)cc2C)C1. The molecule has 2 heteroatoms. The topological polar surface area (TPSA) is 21.3 Å². The van der Waals surface area contributed by atoms with Gasteiger partial charge in [0.25, 0.3) is 0 Å². The lowest BCUT2D eigenvalue weighted by Gasteiger charge is -2.30. The van der Waals surface area contributed by atoms with Gasteiger partial charge in [-0.1, -0.05) is 32.9 Å². The number of aryl methyl sites for hydroxylation is 1. The molecule has 2 nitrogen and oxygen atoms in total. The summed E-state index contributed by atoms with van der Waals surface area (Å²) in [5, 5.41) is 3.38. The van der Waals surface area contributed by atoms with Crippen LogP contribution in [-0.4, -0.2) is 19.2 Å². The molecule has 1 saturated carbocycles. The summed E-state index contributed by atoms with van der Waals surface area (Å²) in [7, 11) is 2.05. The van der Waals surface area contributed by atoms with Gasteiger partial charge in [0.05, 0.1) is 0 Å². The Morgan fingerprint density at radius 3 is 2.55 bits per heavy atom. The highest BCUT2D eigenvalue weighted by Crippen LogP contribution is 2.30. The first kappa shape index (κ1) is 15.4. The number of benzene rings is 1. The van der Waals surface area contributed by atoms with Crippen molar-refractivity contribution in [3.63, 3.8) is 0 Å². The smallest absolute Gasteiger partial charge is 0.122 e. The third-order valence-electron chi connectivity index (χ3n) is 4.37. The summed E-state index contributed by atoms with van der Waals surface area (Å²) in [6, 6.07) is 7.25. The minimum atomic E-state index is 0.200. The van der Waals surface area contributed by atoms with Gasteiger partial charge in [-0.2, -0.15) is 0 Å². The van der Waals surface area contributed by atoms with E-state index in [-0.39, 0.29) is 5.41 Å². The van der Waals surface area contributed by atoms with Crippen molar-refractivity contribution in [1.82, 2.24) is 5.32 Å². The lowest BCUT2D eigenvalue weighted by atomic mass is 9.86. The van der Waals surface area contributed by atoms with E-state index in [0.717, 1.165) is 12.2 Å². The second-order valence-electron chi connectivity index (χ2n) is 7.12. The molecule has 0 bridgehead atoms. The van der Waals surface area contributed by atoms with Gasteiger partial charge in [-0.15, -0.1) is 0 Å². The van der Waals surface area contributed by atoms with E-state index in [1.54, 1.807) is 0 Å². The largest absolute Gasteiger partial charge is 0.490 e. The number of rotatable bonds is 3.